The average Bonchev–Trinajstić information content (AvgIpc) is 2.47. The Labute approximate surface area is 141 Å². The number of rotatable bonds is 5. The summed E-state index contributed by atoms with van der Waals surface area (Å²) in [6.45, 7) is 3.06. The summed E-state index contributed by atoms with van der Waals surface area (Å²) in [5, 5.41) is 3.59. The molecule has 4 heteroatoms. The third-order valence-electron chi connectivity index (χ3n) is 3.13. The van der Waals surface area contributed by atoms with Gasteiger partial charge in [-0.1, -0.05) is 57.0 Å². The Morgan fingerprint density at radius 2 is 1.85 bits per heavy atom. The Morgan fingerprint density at radius 1 is 1.10 bits per heavy atom. The van der Waals surface area contributed by atoms with Gasteiger partial charge in [-0.3, -0.25) is 0 Å². The molecule has 2 aromatic carbocycles. The van der Waals surface area contributed by atoms with E-state index in [1.165, 1.54) is 16.0 Å². The molecule has 0 amide bonds. The molecule has 0 saturated carbocycles. The van der Waals surface area contributed by atoms with Crippen molar-refractivity contribution in [3.05, 3.63) is 62.5 Å². The molecular weight excluding hydrogens is 398 g/mol. The van der Waals surface area contributed by atoms with Crippen LogP contribution in [0.15, 0.2) is 56.3 Å². The second kappa shape index (κ2) is 7.64. The van der Waals surface area contributed by atoms with Gasteiger partial charge in [0, 0.05) is 13.8 Å². The van der Waals surface area contributed by atoms with Crippen LogP contribution >= 0.6 is 43.6 Å². The zero-order valence-corrected chi connectivity index (χ0v) is 15.5. The molecule has 1 atom stereocenters. The Hall–Kier alpha value is -0.290. The van der Waals surface area contributed by atoms with E-state index in [1.54, 1.807) is 11.8 Å². The molecule has 0 fully saturated rings. The topological polar surface area (TPSA) is 12.0 Å². The Bertz CT molecular complexity index is 586. The molecule has 20 heavy (non-hydrogen) atoms. The van der Waals surface area contributed by atoms with Crippen molar-refractivity contribution in [2.45, 2.75) is 17.9 Å². The van der Waals surface area contributed by atoms with E-state index in [4.69, 9.17) is 0 Å². The van der Waals surface area contributed by atoms with Crippen LogP contribution in [0.25, 0.3) is 0 Å². The maximum atomic E-state index is 3.68. The van der Waals surface area contributed by atoms with Crippen LogP contribution in [0.4, 0.5) is 0 Å². The fourth-order valence-corrected chi connectivity index (χ4v) is 3.72. The lowest BCUT2D eigenvalue weighted by Crippen LogP contribution is -2.23. The predicted octanol–water partition coefficient (Wildman–Crippen LogP) is 5.63. The molecule has 2 rings (SSSR count). The zero-order valence-electron chi connectivity index (χ0n) is 11.5. The fourth-order valence-electron chi connectivity index (χ4n) is 2.23. The number of halogens is 2. The van der Waals surface area contributed by atoms with Crippen LogP contribution in [0.2, 0.25) is 0 Å². The van der Waals surface area contributed by atoms with Gasteiger partial charge in [-0.25, -0.2) is 0 Å². The summed E-state index contributed by atoms with van der Waals surface area (Å²) < 4.78 is 2.22. The van der Waals surface area contributed by atoms with Crippen LogP contribution in [0, 0.1) is 0 Å². The van der Waals surface area contributed by atoms with E-state index in [0.717, 1.165) is 15.5 Å². The van der Waals surface area contributed by atoms with Crippen LogP contribution < -0.4 is 5.32 Å². The molecule has 0 aliphatic heterocycles. The number of hydrogen-bond acceptors (Lipinski definition) is 2. The first-order chi connectivity index (χ1) is 9.67. The van der Waals surface area contributed by atoms with Gasteiger partial charge in [0.2, 0.25) is 0 Å². The molecular formula is C16H17Br2NS. The highest BCUT2D eigenvalue weighted by Gasteiger charge is 2.18. The summed E-state index contributed by atoms with van der Waals surface area (Å²) in [5.74, 6) is 0. The number of thioether (sulfide) groups is 1. The van der Waals surface area contributed by atoms with Gasteiger partial charge in [0.15, 0.2) is 0 Å². The second-order valence-electron chi connectivity index (χ2n) is 4.40. The van der Waals surface area contributed by atoms with Gasteiger partial charge in [-0.2, -0.15) is 0 Å². The summed E-state index contributed by atoms with van der Waals surface area (Å²) in [6, 6.07) is 15.1. The summed E-state index contributed by atoms with van der Waals surface area (Å²) in [7, 11) is 0. The summed E-state index contributed by atoms with van der Waals surface area (Å²) in [4.78, 5) is 1.31. The zero-order chi connectivity index (χ0) is 14.5. The van der Waals surface area contributed by atoms with Crippen molar-refractivity contribution >= 4 is 43.6 Å². The monoisotopic (exact) mass is 413 g/mol. The summed E-state index contributed by atoms with van der Waals surface area (Å²) >= 11 is 9.03. The van der Waals surface area contributed by atoms with Crippen LogP contribution in [0.1, 0.15) is 24.1 Å². The smallest absolute Gasteiger partial charge is 0.0599 e. The molecule has 0 aliphatic carbocycles. The minimum absolute atomic E-state index is 0.190. The van der Waals surface area contributed by atoms with Crippen molar-refractivity contribution in [2.75, 3.05) is 12.8 Å². The molecule has 0 bridgehead atoms. The van der Waals surface area contributed by atoms with Crippen molar-refractivity contribution in [2.24, 2.45) is 0 Å². The molecule has 0 heterocycles. The summed E-state index contributed by atoms with van der Waals surface area (Å²) in [5.41, 5.74) is 2.57. The third kappa shape index (κ3) is 3.67. The fraction of sp³-hybridized carbons (Fsp3) is 0.250. The van der Waals surface area contributed by atoms with E-state index in [9.17, 15) is 0 Å². The molecule has 0 spiro atoms. The molecule has 106 valence electrons. The van der Waals surface area contributed by atoms with Crippen molar-refractivity contribution in [3.63, 3.8) is 0 Å². The number of nitrogens with one attached hydrogen (secondary N) is 1. The van der Waals surface area contributed by atoms with E-state index in [0.29, 0.717) is 0 Å². The first-order valence-electron chi connectivity index (χ1n) is 6.48. The van der Waals surface area contributed by atoms with E-state index < -0.39 is 0 Å². The highest BCUT2D eigenvalue weighted by molar-refractivity contribution is 9.11. The van der Waals surface area contributed by atoms with Crippen molar-refractivity contribution in [1.29, 1.82) is 0 Å². The van der Waals surface area contributed by atoms with Gasteiger partial charge in [0.25, 0.3) is 0 Å². The molecule has 0 aromatic heterocycles. The minimum atomic E-state index is 0.190. The molecule has 0 radical (unpaired) electrons. The quantitative estimate of drug-likeness (QED) is 0.636. The largest absolute Gasteiger partial charge is 0.306 e. The van der Waals surface area contributed by atoms with Gasteiger partial charge in [-0.05, 0) is 48.2 Å². The van der Waals surface area contributed by atoms with Crippen LogP contribution in [0.3, 0.4) is 0 Å². The third-order valence-corrected chi connectivity index (χ3v) is 5.15. The van der Waals surface area contributed by atoms with Gasteiger partial charge in [-0.15, -0.1) is 11.8 Å². The SMILES string of the molecule is CCNC(c1cc(Br)ccc1Br)c1ccccc1SC. The Morgan fingerprint density at radius 3 is 2.55 bits per heavy atom. The maximum absolute atomic E-state index is 3.68. The molecule has 0 aliphatic rings. The van der Waals surface area contributed by atoms with Crippen molar-refractivity contribution < 1.29 is 0 Å². The maximum Gasteiger partial charge on any atom is 0.0599 e. The minimum Gasteiger partial charge on any atom is -0.306 e. The molecule has 0 saturated heterocycles. The van der Waals surface area contributed by atoms with E-state index in [-0.39, 0.29) is 6.04 Å². The van der Waals surface area contributed by atoms with Crippen molar-refractivity contribution in [1.82, 2.24) is 5.32 Å². The molecule has 1 N–H and O–H groups in total. The lowest BCUT2D eigenvalue weighted by molar-refractivity contribution is 0.620. The highest BCUT2D eigenvalue weighted by atomic mass is 79.9. The Balaban J connectivity index is 2.53. The van der Waals surface area contributed by atoms with Gasteiger partial charge < -0.3 is 5.32 Å². The van der Waals surface area contributed by atoms with Crippen LogP contribution in [-0.2, 0) is 0 Å². The Kier molecular flexibility index (Phi) is 6.15. The molecule has 1 nitrogen and oxygen atoms in total. The van der Waals surface area contributed by atoms with E-state index >= 15 is 0 Å². The first-order valence-corrected chi connectivity index (χ1v) is 9.29. The molecule has 1 unspecified atom stereocenters. The van der Waals surface area contributed by atoms with Gasteiger partial charge in [0.1, 0.15) is 0 Å². The van der Waals surface area contributed by atoms with Crippen LogP contribution in [0.5, 0.6) is 0 Å². The standard InChI is InChI=1S/C16H17Br2NS/c1-3-19-16(12-6-4-5-7-15(12)20-2)13-10-11(17)8-9-14(13)18/h4-10,16,19H,3H2,1-2H3. The molecule has 2 aromatic rings. The lowest BCUT2D eigenvalue weighted by Gasteiger charge is -2.22. The van der Waals surface area contributed by atoms with Crippen molar-refractivity contribution in [3.8, 4) is 0 Å². The predicted molar refractivity (Wildman–Crippen MR) is 95.6 cm³/mol. The van der Waals surface area contributed by atoms with Gasteiger partial charge in [0.05, 0.1) is 6.04 Å². The van der Waals surface area contributed by atoms with E-state index in [2.05, 4.69) is 92.8 Å². The second-order valence-corrected chi connectivity index (χ2v) is 7.02. The first kappa shape index (κ1) is 16.1. The summed E-state index contributed by atoms with van der Waals surface area (Å²) in [6.07, 6.45) is 2.12. The van der Waals surface area contributed by atoms with E-state index in [1.807, 2.05) is 0 Å². The highest BCUT2D eigenvalue weighted by Crippen LogP contribution is 2.35. The van der Waals surface area contributed by atoms with Gasteiger partial charge >= 0.3 is 0 Å². The van der Waals surface area contributed by atoms with Crippen LogP contribution in [-0.4, -0.2) is 12.8 Å². The average molecular weight is 415 g/mol. The lowest BCUT2D eigenvalue weighted by atomic mass is 9.98. The number of hydrogen-bond donors (Lipinski definition) is 1. The normalized spacial score (nSPS) is 12.4. The number of benzene rings is 2.